The van der Waals surface area contributed by atoms with Crippen LogP contribution < -0.4 is 5.32 Å². The summed E-state index contributed by atoms with van der Waals surface area (Å²) in [6, 6.07) is 2.00. The van der Waals surface area contributed by atoms with Crippen molar-refractivity contribution in [1.82, 2.24) is 9.97 Å². The summed E-state index contributed by atoms with van der Waals surface area (Å²) in [6.45, 7) is 15.1. The molecule has 1 N–H and O–H groups in total. The molecule has 1 aromatic heterocycles. The first kappa shape index (κ1) is 13.9. The molecule has 17 heavy (non-hydrogen) atoms. The van der Waals surface area contributed by atoms with Gasteiger partial charge in [0.25, 0.3) is 0 Å². The van der Waals surface area contributed by atoms with Crippen LogP contribution in [0.25, 0.3) is 0 Å². The van der Waals surface area contributed by atoms with Crippen molar-refractivity contribution < 1.29 is 0 Å². The molecule has 0 saturated heterocycles. The average molecular weight is 235 g/mol. The Morgan fingerprint density at radius 1 is 1.06 bits per heavy atom. The predicted octanol–water partition coefficient (Wildman–Crippen LogP) is 3.72. The maximum Gasteiger partial charge on any atom is 0.130 e. The van der Waals surface area contributed by atoms with E-state index in [0.29, 0.717) is 5.41 Å². The Morgan fingerprint density at radius 2 is 1.65 bits per heavy atom. The molecule has 0 aliphatic rings. The number of aromatic nitrogens is 2. The number of nitrogens with zero attached hydrogens (tertiary/aromatic N) is 2. The zero-order chi connectivity index (χ0) is 13.3. The molecule has 0 unspecified atom stereocenters. The number of nitrogens with one attached hydrogen (secondary N) is 1. The molecular formula is C14H25N3. The van der Waals surface area contributed by atoms with Gasteiger partial charge in [0.1, 0.15) is 11.6 Å². The molecule has 0 fully saturated rings. The minimum atomic E-state index is 0.0332. The van der Waals surface area contributed by atoms with E-state index < -0.39 is 0 Å². The van der Waals surface area contributed by atoms with E-state index >= 15 is 0 Å². The molecule has 0 spiro atoms. The summed E-state index contributed by atoms with van der Waals surface area (Å²) in [5.41, 5.74) is 1.34. The van der Waals surface area contributed by atoms with Crippen LogP contribution in [0.2, 0.25) is 0 Å². The van der Waals surface area contributed by atoms with Crippen molar-refractivity contribution in [2.75, 3.05) is 5.32 Å². The Kier molecular flexibility index (Phi) is 3.80. The Balaban J connectivity index is 2.82. The third kappa shape index (κ3) is 5.16. The van der Waals surface area contributed by atoms with Gasteiger partial charge in [-0.2, -0.15) is 0 Å². The number of aryl methyl sites for hydroxylation is 2. The molecule has 0 bridgehead atoms. The molecule has 3 nitrogen and oxygen atoms in total. The zero-order valence-corrected chi connectivity index (χ0v) is 12.2. The van der Waals surface area contributed by atoms with Gasteiger partial charge in [-0.1, -0.05) is 20.8 Å². The Labute approximate surface area is 105 Å². The van der Waals surface area contributed by atoms with E-state index in [1.807, 2.05) is 19.9 Å². The van der Waals surface area contributed by atoms with Crippen LogP contribution in [-0.4, -0.2) is 15.5 Å². The lowest BCUT2D eigenvalue weighted by atomic mass is 9.82. The van der Waals surface area contributed by atoms with Crippen LogP contribution in [0.3, 0.4) is 0 Å². The van der Waals surface area contributed by atoms with Crippen LogP contribution in [0.4, 0.5) is 5.82 Å². The highest BCUT2D eigenvalue weighted by Gasteiger charge is 2.25. The van der Waals surface area contributed by atoms with Crippen molar-refractivity contribution in [3.05, 3.63) is 17.6 Å². The zero-order valence-electron chi connectivity index (χ0n) is 12.2. The predicted molar refractivity (Wildman–Crippen MR) is 73.3 cm³/mol. The highest BCUT2D eigenvalue weighted by atomic mass is 15.1. The van der Waals surface area contributed by atoms with Crippen LogP contribution >= 0.6 is 0 Å². The first-order chi connectivity index (χ1) is 7.57. The molecule has 0 radical (unpaired) electrons. The number of rotatable bonds is 3. The summed E-state index contributed by atoms with van der Waals surface area (Å²) in [5.74, 6) is 1.74. The average Bonchev–Trinajstić information content (AvgIpc) is 1.93. The van der Waals surface area contributed by atoms with Crippen molar-refractivity contribution in [1.29, 1.82) is 0 Å². The first-order valence-corrected chi connectivity index (χ1v) is 6.18. The first-order valence-electron chi connectivity index (χ1n) is 6.18. The fourth-order valence-electron chi connectivity index (χ4n) is 2.50. The molecule has 0 amide bonds. The van der Waals surface area contributed by atoms with Gasteiger partial charge in [-0.3, -0.25) is 0 Å². The SMILES string of the molecule is Cc1cc(NC(C)(C)CC(C)(C)C)nc(C)n1. The molecule has 1 rings (SSSR count). The van der Waals surface area contributed by atoms with Crippen LogP contribution in [0.5, 0.6) is 0 Å². The van der Waals surface area contributed by atoms with Gasteiger partial charge in [-0.15, -0.1) is 0 Å². The van der Waals surface area contributed by atoms with E-state index in [1.54, 1.807) is 0 Å². The minimum absolute atomic E-state index is 0.0332. The number of hydrogen-bond acceptors (Lipinski definition) is 3. The van der Waals surface area contributed by atoms with Crippen molar-refractivity contribution in [2.45, 2.75) is 60.4 Å². The third-order valence-corrected chi connectivity index (χ3v) is 2.40. The molecule has 0 aromatic carbocycles. The Bertz CT molecular complexity index is 369. The summed E-state index contributed by atoms with van der Waals surface area (Å²) in [7, 11) is 0. The summed E-state index contributed by atoms with van der Waals surface area (Å²) >= 11 is 0. The molecule has 0 aliphatic heterocycles. The van der Waals surface area contributed by atoms with E-state index in [9.17, 15) is 0 Å². The van der Waals surface area contributed by atoms with E-state index in [2.05, 4.69) is 49.9 Å². The highest BCUT2D eigenvalue weighted by molar-refractivity contribution is 5.38. The fourth-order valence-corrected chi connectivity index (χ4v) is 2.50. The smallest absolute Gasteiger partial charge is 0.130 e. The van der Waals surface area contributed by atoms with Crippen molar-refractivity contribution in [3.8, 4) is 0 Å². The van der Waals surface area contributed by atoms with Crippen LogP contribution in [-0.2, 0) is 0 Å². The van der Waals surface area contributed by atoms with Gasteiger partial charge in [0.15, 0.2) is 0 Å². The van der Waals surface area contributed by atoms with Crippen LogP contribution in [0, 0.1) is 19.3 Å². The van der Waals surface area contributed by atoms with Crippen molar-refractivity contribution in [3.63, 3.8) is 0 Å². The van der Waals surface area contributed by atoms with Crippen molar-refractivity contribution >= 4 is 5.82 Å². The lowest BCUT2D eigenvalue weighted by Crippen LogP contribution is -2.35. The summed E-state index contributed by atoms with van der Waals surface area (Å²) < 4.78 is 0. The second-order valence-corrected chi connectivity index (χ2v) is 6.69. The second-order valence-electron chi connectivity index (χ2n) is 6.69. The lowest BCUT2D eigenvalue weighted by molar-refractivity contribution is 0.302. The molecule has 0 aliphatic carbocycles. The van der Waals surface area contributed by atoms with Gasteiger partial charge in [0.2, 0.25) is 0 Å². The Morgan fingerprint density at radius 3 is 2.12 bits per heavy atom. The van der Waals surface area contributed by atoms with Gasteiger partial charge in [-0.25, -0.2) is 9.97 Å². The quantitative estimate of drug-likeness (QED) is 0.867. The molecule has 1 aromatic rings. The fraction of sp³-hybridized carbons (Fsp3) is 0.714. The molecule has 96 valence electrons. The lowest BCUT2D eigenvalue weighted by Gasteiger charge is -2.33. The second kappa shape index (κ2) is 4.63. The van der Waals surface area contributed by atoms with Gasteiger partial charge in [-0.05, 0) is 39.5 Å². The number of anilines is 1. The van der Waals surface area contributed by atoms with Crippen LogP contribution in [0.1, 0.15) is 52.6 Å². The van der Waals surface area contributed by atoms with Gasteiger partial charge in [0.05, 0.1) is 0 Å². The number of hydrogen-bond donors (Lipinski definition) is 1. The summed E-state index contributed by atoms with van der Waals surface area (Å²) in [4.78, 5) is 8.71. The monoisotopic (exact) mass is 235 g/mol. The standard InChI is InChI=1S/C14H25N3/c1-10-8-12(16-11(2)15-10)17-14(6,7)9-13(3,4)5/h8H,9H2,1-7H3,(H,15,16,17). The van der Waals surface area contributed by atoms with Gasteiger partial charge in [0, 0.05) is 17.3 Å². The molecule has 0 atom stereocenters. The van der Waals surface area contributed by atoms with Crippen molar-refractivity contribution in [2.24, 2.45) is 5.41 Å². The molecule has 3 heteroatoms. The molecule has 0 saturated carbocycles. The van der Waals surface area contributed by atoms with Crippen LogP contribution in [0.15, 0.2) is 6.07 Å². The minimum Gasteiger partial charge on any atom is -0.365 e. The van der Waals surface area contributed by atoms with Gasteiger partial charge >= 0.3 is 0 Å². The van der Waals surface area contributed by atoms with E-state index in [-0.39, 0.29) is 5.54 Å². The maximum atomic E-state index is 4.43. The van der Waals surface area contributed by atoms with Gasteiger partial charge < -0.3 is 5.32 Å². The summed E-state index contributed by atoms with van der Waals surface area (Å²) in [6.07, 6.45) is 1.09. The van der Waals surface area contributed by atoms with E-state index in [1.165, 1.54) is 0 Å². The Hall–Kier alpha value is -1.12. The third-order valence-electron chi connectivity index (χ3n) is 2.40. The largest absolute Gasteiger partial charge is 0.365 e. The molecular weight excluding hydrogens is 210 g/mol. The van der Waals surface area contributed by atoms with E-state index in [0.717, 1.165) is 23.8 Å². The molecule has 1 heterocycles. The summed E-state index contributed by atoms with van der Waals surface area (Å²) in [5, 5.41) is 3.51. The topological polar surface area (TPSA) is 37.8 Å². The highest BCUT2D eigenvalue weighted by Crippen LogP contribution is 2.29. The normalized spacial score (nSPS) is 12.6. The maximum absolute atomic E-state index is 4.43. The van der Waals surface area contributed by atoms with E-state index in [4.69, 9.17) is 0 Å².